The number of aryl methyl sites for hydroxylation is 1. The van der Waals surface area contributed by atoms with Crippen molar-refractivity contribution in [1.29, 1.82) is 0 Å². The van der Waals surface area contributed by atoms with Crippen LogP contribution in [-0.4, -0.2) is 31.4 Å². The van der Waals surface area contributed by atoms with Crippen LogP contribution in [-0.2, 0) is 9.53 Å². The van der Waals surface area contributed by atoms with Gasteiger partial charge in [0.15, 0.2) is 12.4 Å². The largest absolute Gasteiger partial charge is 0.496 e. The highest BCUT2D eigenvalue weighted by molar-refractivity contribution is 6.00. The number of esters is 1. The van der Waals surface area contributed by atoms with Gasteiger partial charge in [0.25, 0.3) is 0 Å². The van der Waals surface area contributed by atoms with Gasteiger partial charge >= 0.3 is 5.97 Å². The van der Waals surface area contributed by atoms with Gasteiger partial charge in [0.1, 0.15) is 5.75 Å². The third-order valence-electron chi connectivity index (χ3n) is 3.51. The predicted octanol–water partition coefficient (Wildman–Crippen LogP) is 3.00. The summed E-state index contributed by atoms with van der Waals surface area (Å²) in [6.07, 6.45) is 0. The minimum absolute atomic E-state index is 0.193. The van der Waals surface area contributed by atoms with Crippen molar-refractivity contribution in [2.75, 3.05) is 19.0 Å². The monoisotopic (exact) mass is 341 g/mol. The van der Waals surface area contributed by atoms with Crippen molar-refractivity contribution in [2.24, 2.45) is 0 Å². The van der Waals surface area contributed by atoms with E-state index in [9.17, 15) is 14.4 Å². The van der Waals surface area contributed by atoms with Crippen molar-refractivity contribution in [3.8, 4) is 5.75 Å². The van der Waals surface area contributed by atoms with Crippen LogP contribution in [0.4, 0.5) is 5.69 Å². The maximum Gasteiger partial charge on any atom is 0.338 e. The lowest BCUT2D eigenvalue weighted by atomic mass is 10.1. The molecule has 0 aromatic heterocycles. The maximum absolute atomic E-state index is 12.1. The quantitative estimate of drug-likeness (QED) is 0.645. The lowest BCUT2D eigenvalue weighted by molar-refractivity contribution is -0.114. The fourth-order valence-corrected chi connectivity index (χ4v) is 2.19. The summed E-state index contributed by atoms with van der Waals surface area (Å²) in [5.41, 5.74) is 2.20. The van der Waals surface area contributed by atoms with Crippen LogP contribution in [0.3, 0.4) is 0 Å². The number of anilines is 1. The zero-order valence-electron chi connectivity index (χ0n) is 14.3. The number of amides is 1. The molecule has 0 saturated carbocycles. The summed E-state index contributed by atoms with van der Waals surface area (Å²) >= 11 is 0. The molecule has 6 heteroatoms. The molecule has 2 aromatic rings. The van der Waals surface area contributed by atoms with E-state index in [4.69, 9.17) is 9.47 Å². The first-order valence-electron chi connectivity index (χ1n) is 7.63. The number of carbonyl (C=O) groups excluding carboxylic acids is 3. The molecule has 0 radical (unpaired) electrons. The maximum atomic E-state index is 12.1. The summed E-state index contributed by atoms with van der Waals surface area (Å²) < 4.78 is 10.2. The molecule has 0 spiro atoms. The first kappa shape index (κ1) is 18.2. The molecule has 6 nitrogen and oxygen atoms in total. The van der Waals surface area contributed by atoms with Gasteiger partial charge in [-0.05, 0) is 48.9 Å². The molecule has 0 aliphatic heterocycles. The van der Waals surface area contributed by atoms with E-state index in [0.717, 1.165) is 5.56 Å². The van der Waals surface area contributed by atoms with Gasteiger partial charge in [0.05, 0.1) is 12.7 Å². The highest BCUT2D eigenvalue weighted by atomic mass is 16.5. The van der Waals surface area contributed by atoms with Gasteiger partial charge in [-0.25, -0.2) is 4.79 Å². The molecule has 2 aromatic carbocycles. The van der Waals surface area contributed by atoms with E-state index in [1.54, 1.807) is 42.5 Å². The SMILES string of the molecule is COc1cc(C(=O)OCC(=O)c2ccc(NC(C)=O)cc2)ccc1C. The molecule has 0 atom stereocenters. The number of methoxy groups -OCH3 is 1. The Balaban J connectivity index is 1.97. The average Bonchev–Trinajstić information content (AvgIpc) is 2.60. The molecular formula is C19H19NO5. The summed E-state index contributed by atoms with van der Waals surface area (Å²) in [6, 6.07) is 11.3. The molecule has 1 N–H and O–H groups in total. The second-order valence-electron chi connectivity index (χ2n) is 5.44. The minimum Gasteiger partial charge on any atom is -0.496 e. The van der Waals surface area contributed by atoms with E-state index in [-0.39, 0.29) is 18.3 Å². The third kappa shape index (κ3) is 4.91. The molecule has 25 heavy (non-hydrogen) atoms. The van der Waals surface area contributed by atoms with Crippen LogP contribution in [0.5, 0.6) is 5.75 Å². The van der Waals surface area contributed by atoms with Gasteiger partial charge in [0, 0.05) is 18.2 Å². The number of Topliss-reactive ketones (excluding diaryl/α,β-unsaturated/α-hetero) is 1. The van der Waals surface area contributed by atoms with E-state index < -0.39 is 5.97 Å². The van der Waals surface area contributed by atoms with Gasteiger partial charge in [-0.1, -0.05) is 6.07 Å². The van der Waals surface area contributed by atoms with Crippen LogP contribution >= 0.6 is 0 Å². The molecule has 0 saturated heterocycles. The van der Waals surface area contributed by atoms with Crippen molar-refractivity contribution in [1.82, 2.24) is 0 Å². The zero-order valence-corrected chi connectivity index (χ0v) is 14.3. The standard InChI is InChI=1S/C19H19NO5/c1-12-4-5-15(10-18(12)24-3)19(23)25-11-17(22)14-6-8-16(9-7-14)20-13(2)21/h4-10H,11H2,1-3H3,(H,20,21). The van der Waals surface area contributed by atoms with Crippen molar-refractivity contribution in [3.63, 3.8) is 0 Å². The second kappa shape index (κ2) is 8.10. The Labute approximate surface area is 145 Å². The number of ether oxygens (including phenoxy) is 2. The van der Waals surface area contributed by atoms with Crippen molar-refractivity contribution in [2.45, 2.75) is 13.8 Å². The number of hydrogen-bond donors (Lipinski definition) is 1. The lowest BCUT2D eigenvalue weighted by Gasteiger charge is -2.08. The molecule has 0 bridgehead atoms. The molecule has 2 rings (SSSR count). The molecule has 130 valence electrons. The number of benzene rings is 2. The normalized spacial score (nSPS) is 10.0. The smallest absolute Gasteiger partial charge is 0.338 e. The molecule has 1 amide bonds. The van der Waals surface area contributed by atoms with E-state index in [2.05, 4.69) is 5.32 Å². The molecule has 0 fully saturated rings. The minimum atomic E-state index is -0.596. The summed E-state index contributed by atoms with van der Waals surface area (Å²) in [6.45, 7) is 2.90. The van der Waals surface area contributed by atoms with Crippen LogP contribution in [0.25, 0.3) is 0 Å². The molecule has 0 unspecified atom stereocenters. The second-order valence-corrected chi connectivity index (χ2v) is 5.44. The number of ketones is 1. The van der Waals surface area contributed by atoms with Gasteiger partial charge in [-0.2, -0.15) is 0 Å². The van der Waals surface area contributed by atoms with Crippen LogP contribution in [0.15, 0.2) is 42.5 Å². The van der Waals surface area contributed by atoms with Crippen molar-refractivity contribution >= 4 is 23.3 Å². The van der Waals surface area contributed by atoms with Crippen LogP contribution < -0.4 is 10.1 Å². The molecular weight excluding hydrogens is 322 g/mol. The summed E-state index contributed by atoms with van der Waals surface area (Å²) in [7, 11) is 1.52. The first-order valence-corrected chi connectivity index (χ1v) is 7.63. The number of rotatable bonds is 6. The van der Waals surface area contributed by atoms with Gasteiger partial charge in [-0.15, -0.1) is 0 Å². The van der Waals surface area contributed by atoms with E-state index in [1.165, 1.54) is 14.0 Å². The third-order valence-corrected chi connectivity index (χ3v) is 3.51. The van der Waals surface area contributed by atoms with Crippen molar-refractivity contribution < 1.29 is 23.9 Å². The van der Waals surface area contributed by atoms with Crippen LogP contribution in [0.2, 0.25) is 0 Å². The Kier molecular flexibility index (Phi) is 5.89. The Bertz CT molecular complexity index is 796. The number of carbonyl (C=O) groups is 3. The van der Waals surface area contributed by atoms with Crippen LogP contribution in [0, 0.1) is 6.92 Å². The fraction of sp³-hybridized carbons (Fsp3) is 0.211. The molecule has 0 heterocycles. The Morgan fingerprint density at radius 2 is 1.64 bits per heavy atom. The first-order chi connectivity index (χ1) is 11.9. The topological polar surface area (TPSA) is 81.7 Å². The molecule has 0 aliphatic carbocycles. The number of nitrogens with one attached hydrogen (secondary N) is 1. The van der Waals surface area contributed by atoms with E-state index in [1.807, 2.05) is 6.92 Å². The average molecular weight is 341 g/mol. The predicted molar refractivity (Wildman–Crippen MR) is 93.1 cm³/mol. The zero-order chi connectivity index (χ0) is 18.4. The summed E-state index contributed by atoms with van der Waals surface area (Å²) in [4.78, 5) is 35.1. The van der Waals surface area contributed by atoms with E-state index in [0.29, 0.717) is 22.6 Å². The Hall–Kier alpha value is -3.15. The van der Waals surface area contributed by atoms with E-state index >= 15 is 0 Å². The number of hydrogen-bond acceptors (Lipinski definition) is 5. The van der Waals surface area contributed by atoms with Gasteiger partial charge < -0.3 is 14.8 Å². The highest BCUT2D eigenvalue weighted by Crippen LogP contribution is 2.19. The molecule has 0 aliphatic rings. The van der Waals surface area contributed by atoms with Crippen molar-refractivity contribution in [3.05, 3.63) is 59.2 Å². The van der Waals surface area contributed by atoms with Crippen LogP contribution in [0.1, 0.15) is 33.2 Å². The Morgan fingerprint density at radius 3 is 2.24 bits per heavy atom. The van der Waals surface area contributed by atoms with Gasteiger partial charge in [0.2, 0.25) is 5.91 Å². The summed E-state index contributed by atoms with van der Waals surface area (Å²) in [5, 5.41) is 2.61. The summed E-state index contributed by atoms with van der Waals surface area (Å²) in [5.74, 6) is -0.542. The highest BCUT2D eigenvalue weighted by Gasteiger charge is 2.13. The Morgan fingerprint density at radius 1 is 1.00 bits per heavy atom. The lowest BCUT2D eigenvalue weighted by Crippen LogP contribution is -2.14. The van der Waals surface area contributed by atoms with Gasteiger partial charge in [-0.3, -0.25) is 9.59 Å². The fourth-order valence-electron chi connectivity index (χ4n) is 2.19.